The van der Waals surface area contributed by atoms with Gasteiger partial charge in [0.2, 0.25) is 5.88 Å². The third-order valence-corrected chi connectivity index (χ3v) is 3.80. The van der Waals surface area contributed by atoms with Crippen LogP contribution in [0.2, 0.25) is 0 Å². The van der Waals surface area contributed by atoms with Crippen LogP contribution in [0.15, 0.2) is 42.6 Å². The number of fused-ring (bicyclic) bond motifs is 1. The Morgan fingerprint density at radius 2 is 2.08 bits per heavy atom. The van der Waals surface area contributed by atoms with Crippen LogP contribution in [0.25, 0.3) is 10.9 Å². The van der Waals surface area contributed by atoms with Gasteiger partial charge in [0.15, 0.2) is 0 Å². The monoisotopic (exact) mass is 342 g/mol. The molecule has 0 saturated heterocycles. The van der Waals surface area contributed by atoms with E-state index in [-0.39, 0.29) is 12.4 Å². The summed E-state index contributed by atoms with van der Waals surface area (Å²) in [4.78, 5) is 16.4. The molecule has 0 bridgehead atoms. The lowest BCUT2D eigenvalue weighted by Gasteiger charge is -2.11. The van der Waals surface area contributed by atoms with Gasteiger partial charge >= 0.3 is 5.97 Å². The Labute approximate surface area is 145 Å². The smallest absolute Gasteiger partial charge is 0.354 e. The zero-order valence-electron chi connectivity index (χ0n) is 14.2. The lowest BCUT2D eigenvalue weighted by atomic mass is 10.2. The van der Waals surface area contributed by atoms with Gasteiger partial charge < -0.3 is 14.0 Å². The van der Waals surface area contributed by atoms with Crippen LogP contribution in [0.5, 0.6) is 5.88 Å². The fourth-order valence-corrected chi connectivity index (χ4v) is 2.64. The van der Waals surface area contributed by atoms with E-state index >= 15 is 0 Å². The molecule has 0 atom stereocenters. The van der Waals surface area contributed by atoms with E-state index in [1.807, 2.05) is 13.0 Å². The largest absolute Gasteiger partial charge is 0.476 e. The number of ether oxygens (including phenoxy) is 2. The van der Waals surface area contributed by atoms with Crippen LogP contribution in [0.4, 0.5) is 4.39 Å². The van der Waals surface area contributed by atoms with Crippen molar-refractivity contribution in [2.45, 2.75) is 20.4 Å². The number of hydrogen-bond donors (Lipinski definition) is 0. The summed E-state index contributed by atoms with van der Waals surface area (Å²) >= 11 is 0. The summed E-state index contributed by atoms with van der Waals surface area (Å²) in [6.07, 6.45) is 1.73. The standard InChI is InChI=1S/C19H19FN2O3/c1-3-24-19(23)17-11-14-10-15(20)5-6-16(14)22(17)8-9-25-18-7-4-13(2)12-21-18/h4-7,10-12H,3,8-9H2,1-2H3. The number of nitrogens with zero attached hydrogens (tertiary/aromatic N) is 2. The molecule has 0 aliphatic rings. The first kappa shape index (κ1) is 17.0. The molecule has 0 fully saturated rings. The van der Waals surface area contributed by atoms with Crippen LogP contribution in [-0.2, 0) is 11.3 Å². The topological polar surface area (TPSA) is 53.4 Å². The van der Waals surface area contributed by atoms with Gasteiger partial charge in [0.1, 0.15) is 18.1 Å². The van der Waals surface area contributed by atoms with Crippen molar-refractivity contribution < 1.29 is 18.7 Å². The van der Waals surface area contributed by atoms with Crippen molar-refractivity contribution in [3.8, 4) is 5.88 Å². The maximum Gasteiger partial charge on any atom is 0.354 e. The Morgan fingerprint density at radius 3 is 2.80 bits per heavy atom. The molecular formula is C19H19FN2O3. The summed E-state index contributed by atoms with van der Waals surface area (Å²) in [5.74, 6) is -0.265. The molecule has 0 aliphatic heterocycles. The van der Waals surface area contributed by atoms with Crippen molar-refractivity contribution in [2.24, 2.45) is 0 Å². The van der Waals surface area contributed by atoms with E-state index < -0.39 is 5.97 Å². The van der Waals surface area contributed by atoms with Gasteiger partial charge in [0.05, 0.1) is 13.2 Å². The number of aromatic nitrogens is 2. The molecule has 0 amide bonds. The van der Waals surface area contributed by atoms with Crippen molar-refractivity contribution in [2.75, 3.05) is 13.2 Å². The summed E-state index contributed by atoms with van der Waals surface area (Å²) in [5, 5.41) is 0.650. The molecule has 0 unspecified atom stereocenters. The van der Waals surface area contributed by atoms with Crippen molar-refractivity contribution in [1.82, 2.24) is 9.55 Å². The molecular weight excluding hydrogens is 323 g/mol. The van der Waals surface area contributed by atoms with Crippen molar-refractivity contribution in [3.05, 3.63) is 59.7 Å². The van der Waals surface area contributed by atoms with Gasteiger partial charge in [-0.3, -0.25) is 0 Å². The summed E-state index contributed by atoms with van der Waals surface area (Å²) in [6.45, 7) is 4.71. The van der Waals surface area contributed by atoms with Crippen LogP contribution in [0.1, 0.15) is 23.0 Å². The van der Waals surface area contributed by atoms with Crippen LogP contribution in [0, 0.1) is 12.7 Å². The Bertz CT molecular complexity index is 888. The normalized spacial score (nSPS) is 10.8. The zero-order valence-corrected chi connectivity index (χ0v) is 14.2. The van der Waals surface area contributed by atoms with Gasteiger partial charge in [-0.1, -0.05) is 6.07 Å². The van der Waals surface area contributed by atoms with E-state index in [9.17, 15) is 9.18 Å². The van der Waals surface area contributed by atoms with Gasteiger partial charge in [-0.25, -0.2) is 14.2 Å². The predicted octanol–water partition coefficient (Wildman–Crippen LogP) is 3.74. The number of esters is 1. The number of rotatable bonds is 6. The van der Waals surface area contributed by atoms with E-state index in [4.69, 9.17) is 9.47 Å². The average molecular weight is 342 g/mol. The van der Waals surface area contributed by atoms with Gasteiger partial charge in [-0.15, -0.1) is 0 Å². The van der Waals surface area contributed by atoms with Crippen LogP contribution in [0.3, 0.4) is 0 Å². The Hall–Kier alpha value is -2.89. The molecule has 0 radical (unpaired) electrons. The molecule has 3 rings (SSSR count). The molecule has 0 saturated carbocycles. The van der Waals surface area contributed by atoms with Crippen molar-refractivity contribution in [3.63, 3.8) is 0 Å². The number of halogens is 1. The Kier molecular flexibility index (Phi) is 4.97. The maximum absolute atomic E-state index is 13.5. The summed E-state index contributed by atoms with van der Waals surface area (Å²) in [6, 6.07) is 9.77. The fourth-order valence-electron chi connectivity index (χ4n) is 2.64. The zero-order chi connectivity index (χ0) is 17.8. The summed E-state index contributed by atoms with van der Waals surface area (Å²) in [5.41, 5.74) is 2.18. The van der Waals surface area contributed by atoms with Gasteiger partial charge in [0.25, 0.3) is 0 Å². The van der Waals surface area contributed by atoms with Crippen molar-refractivity contribution in [1.29, 1.82) is 0 Å². The maximum atomic E-state index is 13.5. The second-order valence-electron chi connectivity index (χ2n) is 5.63. The molecule has 2 heterocycles. The molecule has 1 aromatic carbocycles. The number of hydrogen-bond acceptors (Lipinski definition) is 4. The van der Waals surface area contributed by atoms with E-state index in [0.717, 1.165) is 11.1 Å². The lowest BCUT2D eigenvalue weighted by molar-refractivity contribution is 0.0513. The molecule has 0 spiro atoms. The highest BCUT2D eigenvalue weighted by Crippen LogP contribution is 2.22. The van der Waals surface area contributed by atoms with E-state index in [1.54, 1.807) is 35.9 Å². The van der Waals surface area contributed by atoms with Crippen LogP contribution in [-0.4, -0.2) is 28.7 Å². The molecule has 130 valence electrons. The summed E-state index contributed by atoms with van der Waals surface area (Å²) in [7, 11) is 0. The van der Waals surface area contributed by atoms with Crippen molar-refractivity contribution >= 4 is 16.9 Å². The van der Waals surface area contributed by atoms with Gasteiger partial charge in [-0.2, -0.15) is 0 Å². The minimum Gasteiger partial charge on any atom is -0.476 e. The molecule has 0 aliphatic carbocycles. The molecule has 6 heteroatoms. The molecule has 25 heavy (non-hydrogen) atoms. The Morgan fingerprint density at radius 1 is 1.24 bits per heavy atom. The number of carbonyl (C=O) groups is 1. The van der Waals surface area contributed by atoms with E-state index in [1.165, 1.54) is 12.1 Å². The minimum absolute atomic E-state index is 0.276. The predicted molar refractivity (Wildman–Crippen MR) is 92.3 cm³/mol. The summed E-state index contributed by atoms with van der Waals surface area (Å²) < 4.78 is 26.0. The fraction of sp³-hybridized carbons (Fsp3) is 0.263. The van der Waals surface area contributed by atoms with E-state index in [2.05, 4.69) is 4.98 Å². The van der Waals surface area contributed by atoms with Crippen LogP contribution < -0.4 is 4.74 Å². The van der Waals surface area contributed by atoms with Gasteiger partial charge in [-0.05, 0) is 43.7 Å². The van der Waals surface area contributed by atoms with Gasteiger partial charge in [0, 0.05) is 23.2 Å². The molecule has 5 nitrogen and oxygen atoms in total. The molecule has 3 aromatic rings. The highest BCUT2D eigenvalue weighted by Gasteiger charge is 2.17. The quantitative estimate of drug-likeness (QED) is 0.641. The van der Waals surface area contributed by atoms with Crippen LogP contribution >= 0.6 is 0 Å². The molecule has 2 aromatic heterocycles. The first-order chi connectivity index (χ1) is 12.1. The number of aryl methyl sites for hydroxylation is 1. The first-order valence-electron chi connectivity index (χ1n) is 8.10. The number of pyridine rings is 1. The number of carbonyl (C=O) groups excluding carboxylic acids is 1. The lowest BCUT2D eigenvalue weighted by Crippen LogP contribution is -2.16. The van der Waals surface area contributed by atoms with E-state index in [0.29, 0.717) is 30.1 Å². The second kappa shape index (κ2) is 7.34. The highest BCUT2D eigenvalue weighted by molar-refractivity contribution is 5.95. The average Bonchev–Trinajstić information content (AvgIpc) is 2.95. The number of benzene rings is 1. The SMILES string of the molecule is CCOC(=O)c1cc2cc(F)ccc2n1CCOc1ccc(C)cn1. The Balaban J connectivity index is 1.83. The minimum atomic E-state index is -0.437. The second-order valence-corrected chi connectivity index (χ2v) is 5.63. The third kappa shape index (κ3) is 3.79. The third-order valence-electron chi connectivity index (χ3n) is 3.80. The molecule has 0 N–H and O–H groups in total. The first-order valence-corrected chi connectivity index (χ1v) is 8.10. The highest BCUT2D eigenvalue weighted by atomic mass is 19.1.